The van der Waals surface area contributed by atoms with E-state index in [4.69, 9.17) is 0 Å². The van der Waals surface area contributed by atoms with Gasteiger partial charge in [-0.05, 0) is 41.6 Å². The van der Waals surface area contributed by atoms with Crippen LogP contribution >= 0.6 is 12.4 Å². The second-order valence-corrected chi connectivity index (χ2v) is 6.51. The highest BCUT2D eigenvalue weighted by molar-refractivity contribution is 5.85. The molecule has 1 unspecified atom stereocenters. The summed E-state index contributed by atoms with van der Waals surface area (Å²) in [5.41, 5.74) is 4.99. The highest BCUT2D eigenvalue weighted by Crippen LogP contribution is 2.32. The van der Waals surface area contributed by atoms with E-state index in [1.807, 2.05) is 4.90 Å². The van der Waals surface area contributed by atoms with Crippen LogP contribution in [0.5, 0.6) is 0 Å². The molecule has 126 valence electrons. The Morgan fingerprint density at radius 1 is 0.917 bits per heavy atom. The maximum absolute atomic E-state index is 13.0. The molecule has 2 aliphatic heterocycles. The molecular weight excluding hydrogens is 320 g/mol. The summed E-state index contributed by atoms with van der Waals surface area (Å²) in [4.78, 5) is 15.0. The second kappa shape index (κ2) is 7.37. The fraction of sp³-hybridized carbons (Fsp3) is 0.350. The average Bonchev–Trinajstić information content (AvgIpc) is 2.79. The Bertz CT molecular complexity index is 678. The molecule has 4 heteroatoms. The van der Waals surface area contributed by atoms with E-state index in [1.54, 1.807) is 0 Å². The lowest BCUT2D eigenvalue weighted by Crippen LogP contribution is -2.47. The molecule has 2 aromatic rings. The highest BCUT2D eigenvalue weighted by Gasteiger charge is 2.28. The standard InChI is InChI=1S/C20H22N2O.ClH/c23-20(19-11-5-6-12-21-19)22-13-15-7-1-3-9-17(15)18-10-4-2-8-16(18)14-22;/h1-4,7-10,19,21H,5-6,11-14H2;1H. The SMILES string of the molecule is Cl.O=C(C1CCCCN1)N1Cc2ccccc2-c2ccccc2C1. The van der Waals surface area contributed by atoms with Gasteiger partial charge in [0.05, 0.1) is 6.04 Å². The number of piperidine rings is 1. The number of carbonyl (C=O) groups excluding carboxylic acids is 1. The van der Waals surface area contributed by atoms with Gasteiger partial charge in [-0.25, -0.2) is 0 Å². The first-order chi connectivity index (χ1) is 11.3. The van der Waals surface area contributed by atoms with Gasteiger partial charge in [0, 0.05) is 13.1 Å². The van der Waals surface area contributed by atoms with Crippen molar-refractivity contribution in [3.63, 3.8) is 0 Å². The number of fused-ring (bicyclic) bond motifs is 3. The molecule has 1 fully saturated rings. The number of benzene rings is 2. The van der Waals surface area contributed by atoms with Gasteiger partial charge in [0.2, 0.25) is 5.91 Å². The summed E-state index contributed by atoms with van der Waals surface area (Å²) in [6, 6.07) is 16.9. The van der Waals surface area contributed by atoms with Crippen molar-refractivity contribution in [2.45, 2.75) is 38.4 Å². The van der Waals surface area contributed by atoms with Gasteiger partial charge in [-0.2, -0.15) is 0 Å². The number of rotatable bonds is 1. The highest BCUT2D eigenvalue weighted by atomic mass is 35.5. The molecule has 0 aliphatic carbocycles. The quantitative estimate of drug-likeness (QED) is 0.855. The second-order valence-electron chi connectivity index (χ2n) is 6.51. The Morgan fingerprint density at radius 3 is 2.04 bits per heavy atom. The zero-order valence-corrected chi connectivity index (χ0v) is 14.5. The molecule has 3 nitrogen and oxygen atoms in total. The van der Waals surface area contributed by atoms with Crippen LogP contribution in [0.3, 0.4) is 0 Å². The fourth-order valence-electron chi connectivity index (χ4n) is 3.75. The van der Waals surface area contributed by atoms with Crippen LogP contribution in [-0.2, 0) is 17.9 Å². The Labute approximate surface area is 149 Å². The summed E-state index contributed by atoms with van der Waals surface area (Å²) in [5, 5.41) is 3.39. The Balaban J connectivity index is 0.00000169. The molecule has 2 aliphatic rings. The molecule has 0 spiro atoms. The van der Waals surface area contributed by atoms with E-state index in [0.717, 1.165) is 19.4 Å². The predicted molar refractivity (Wildman–Crippen MR) is 99.0 cm³/mol. The number of carbonyl (C=O) groups is 1. The van der Waals surface area contributed by atoms with E-state index < -0.39 is 0 Å². The Hall–Kier alpha value is -1.84. The van der Waals surface area contributed by atoms with E-state index in [0.29, 0.717) is 13.1 Å². The van der Waals surface area contributed by atoms with Crippen LogP contribution in [0.2, 0.25) is 0 Å². The summed E-state index contributed by atoms with van der Waals surface area (Å²) in [6.07, 6.45) is 3.28. The van der Waals surface area contributed by atoms with Gasteiger partial charge in [0.1, 0.15) is 0 Å². The summed E-state index contributed by atoms with van der Waals surface area (Å²) in [5.74, 6) is 0.246. The molecule has 1 saturated heterocycles. The monoisotopic (exact) mass is 342 g/mol. The minimum atomic E-state index is -0.0128. The molecule has 2 aromatic carbocycles. The van der Waals surface area contributed by atoms with Crippen molar-refractivity contribution in [3.8, 4) is 11.1 Å². The Kier molecular flexibility index (Phi) is 5.22. The summed E-state index contributed by atoms with van der Waals surface area (Å²) in [7, 11) is 0. The third-order valence-electron chi connectivity index (χ3n) is 4.97. The lowest BCUT2D eigenvalue weighted by atomic mass is 9.97. The largest absolute Gasteiger partial charge is 0.333 e. The van der Waals surface area contributed by atoms with Crippen molar-refractivity contribution in [2.75, 3.05) is 6.54 Å². The van der Waals surface area contributed by atoms with Gasteiger partial charge in [0.25, 0.3) is 0 Å². The minimum absolute atomic E-state index is 0. The zero-order valence-electron chi connectivity index (χ0n) is 13.7. The van der Waals surface area contributed by atoms with Gasteiger partial charge in [-0.15, -0.1) is 12.4 Å². The number of hydrogen-bond acceptors (Lipinski definition) is 2. The summed E-state index contributed by atoms with van der Waals surface area (Å²) >= 11 is 0. The normalized spacial score (nSPS) is 19.5. The smallest absolute Gasteiger partial charge is 0.240 e. The van der Waals surface area contributed by atoms with E-state index >= 15 is 0 Å². The van der Waals surface area contributed by atoms with Crippen molar-refractivity contribution in [1.29, 1.82) is 0 Å². The van der Waals surface area contributed by atoms with Gasteiger partial charge in [-0.3, -0.25) is 4.79 Å². The van der Waals surface area contributed by atoms with Gasteiger partial charge in [-0.1, -0.05) is 55.0 Å². The molecule has 1 N–H and O–H groups in total. The average molecular weight is 343 g/mol. The molecule has 0 saturated carbocycles. The molecular formula is C20H23ClN2O. The summed E-state index contributed by atoms with van der Waals surface area (Å²) < 4.78 is 0. The number of halogens is 1. The van der Waals surface area contributed by atoms with Crippen molar-refractivity contribution in [1.82, 2.24) is 10.2 Å². The van der Waals surface area contributed by atoms with Crippen molar-refractivity contribution >= 4 is 18.3 Å². The van der Waals surface area contributed by atoms with Crippen LogP contribution in [0.1, 0.15) is 30.4 Å². The molecule has 4 rings (SSSR count). The predicted octanol–water partition coefficient (Wildman–Crippen LogP) is 3.76. The van der Waals surface area contributed by atoms with Crippen LogP contribution < -0.4 is 5.32 Å². The Morgan fingerprint density at radius 2 is 1.50 bits per heavy atom. The number of nitrogens with zero attached hydrogens (tertiary/aromatic N) is 1. The van der Waals surface area contributed by atoms with Crippen LogP contribution in [0.25, 0.3) is 11.1 Å². The first-order valence-corrected chi connectivity index (χ1v) is 8.51. The molecule has 24 heavy (non-hydrogen) atoms. The maximum atomic E-state index is 13.0. The lowest BCUT2D eigenvalue weighted by Gasteiger charge is -2.29. The van der Waals surface area contributed by atoms with Crippen LogP contribution in [0.15, 0.2) is 48.5 Å². The van der Waals surface area contributed by atoms with Gasteiger partial charge >= 0.3 is 0 Å². The van der Waals surface area contributed by atoms with E-state index in [9.17, 15) is 4.79 Å². The van der Waals surface area contributed by atoms with Gasteiger partial charge in [0.15, 0.2) is 0 Å². The van der Waals surface area contributed by atoms with Crippen molar-refractivity contribution < 1.29 is 4.79 Å². The molecule has 1 amide bonds. The molecule has 2 heterocycles. The third kappa shape index (κ3) is 3.19. The van der Waals surface area contributed by atoms with Crippen LogP contribution in [0, 0.1) is 0 Å². The molecule has 0 aromatic heterocycles. The number of amides is 1. The molecule has 0 bridgehead atoms. The number of hydrogen-bond donors (Lipinski definition) is 1. The third-order valence-corrected chi connectivity index (χ3v) is 4.97. The van der Waals surface area contributed by atoms with Gasteiger partial charge < -0.3 is 10.2 Å². The molecule has 0 radical (unpaired) electrons. The first-order valence-electron chi connectivity index (χ1n) is 8.51. The minimum Gasteiger partial charge on any atom is -0.333 e. The van der Waals surface area contributed by atoms with E-state index in [-0.39, 0.29) is 24.4 Å². The zero-order chi connectivity index (χ0) is 15.6. The fourth-order valence-corrected chi connectivity index (χ4v) is 3.75. The van der Waals surface area contributed by atoms with Crippen LogP contribution in [-0.4, -0.2) is 23.4 Å². The topological polar surface area (TPSA) is 32.3 Å². The maximum Gasteiger partial charge on any atom is 0.240 e. The van der Waals surface area contributed by atoms with Crippen molar-refractivity contribution in [2.24, 2.45) is 0 Å². The first kappa shape index (κ1) is 17.0. The lowest BCUT2D eigenvalue weighted by molar-refractivity contribution is -0.135. The van der Waals surface area contributed by atoms with Crippen molar-refractivity contribution in [3.05, 3.63) is 59.7 Å². The van der Waals surface area contributed by atoms with E-state index in [1.165, 1.54) is 28.7 Å². The van der Waals surface area contributed by atoms with E-state index in [2.05, 4.69) is 53.8 Å². The van der Waals surface area contributed by atoms with Crippen LogP contribution in [0.4, 0.5) is 0 Å². The summed E-state index contributed by atoms with van der Waals surface area (Å²) in [6.45, 7) is 2.35. The molecule has 1 atom stereocenters. The number of nitrogens with one attached hydrogen (secondary N) is 1.